The Hall–Kier alpha value is -2.18. The van der Waals surface area contributed by atoms with Gasteiger partial charge in [-0.25, -0.2) is 4.98 Å². The minimum absolute atomic E-state index is 0.274. The molecule has 6 nitrogen and oxygen atoms in total. The Kier molecular flexibility index (Phi) is 5.74. The fourth-order valence-corrected chi connectivity index (χ4v) is 3.30. The first-order valence-corrected chi connectivity index (χ1v) is 9.12. The summed E-state index contributed by atoms with van der Waals surface area (Å²) in [6.07, 6.45) is 1.75. The van der Waals surface area contributed by atoms with E-state index in [0.717, 1.165) is 25.2 Å². The van der Waals surface area contributed by atoms with E-state index in [2.05, 4.69) is 26.7 Å². The van der Waals surface area contributed by atoms with E-state index in [-0.39, 0.29) is 6.04 Å². The van der Waals surface area contributed by atoms with Crippen molar-refractivity contribution < 1.29 is 9.84 Å². The number of nitrogens with zero attached hydrogens (tertiary/aromatic N) is 4. The van der Waals surface area contributed by atoms with E-state index in [0.29, 0.717) is 25.0 Å². The maximum absolute atomic E-state index is 10.0. The predicted octanol–water partition coefficient (Wildman–Crippen LogP) is 2.34. The molecule has 0 aliphatic carbocycles. The van der Waals surface area contributed by atoms with Crippen LogP contribution in [-0.4, -0.2) is 57.8 Å². The molecule has 0 amide bonds. The fourth-order valence-electron chi connectivity index (χ4n) is 3.30. The number of rotatable bonds is 6. The molecule has 26 heavy (non-hydrogen) atoms. The molecule has 2 heterocycles. The van der Waals surface area contributed by atoms with Crippen molar-refractivity contribution in [2.45, 2.75) is 39.0 Å². The van der Waals surface area contributed by atoms with Crippen molar-refractivity contribution in [3.8, 4) is 5.88 Å². The third-order valence-corrected chi connectivity index (χ3v) is 4.43. The van der Waals surface area contributed by atoms with E-state index in [1.54, 1.807) is 12.3 Å². The number of benzene rings is 1. The van der Waals surface area contributed by atoms with Crippen molar-refractivity contribution in [1.29, 1.82) is 0 Å². The Morgan fingerprint density at radius 3 is 2.65 bits per heavy atom. The smallest absolute Gasteiger partial charge is 0.228 e. The zero-order chi connectivity index (χ0) is 18.6. The highest BCUT2D eigenvalue weighted by Gasteiger charge is 2.28. The molecule has 0 saturated carbocycles. The van der Waals surface area contributed by atoms with E-state index < -0.39 is 5.60 Å². The third kappa shape index (κ3) is 5.16. The number of β-amino-alcohol motifs (C(OH)–C–C–N with tert-alkyl or cyclic N) is 1. The largest absolute Gasteiger partial charge is 0.473 e. The Morgan fingerprint density at radius 2 is 1.96 bits per heavy atom. The molecule has 0 radical (unpaired) electrons. The van der Waals surface area contributed by atoms with Crippen molar-refractivity contribution in [2.24, 2.45) is 0 Å². The first-order valence-electron chi connectivity index (χ1n) is 9.12. The van der Waals surface area contributed by atoms with E-state index in [1.165, 1.54) is 0 Å². The minimum atomic E-state index is -0.677. The fraction of sp³-hybridized carbons (Fsp3) is 0.500. The average molecular weight is 356 g/mol. The number of anilines is 1. The molecule has 6 heteroatoms. The van der Waals surface area contributed by atoms with Crippen LogP contribution >= 0.6 is 0 Å². The summed E-state index contributed by atoms with van der Waals surface area (Å²) in [6, 6.07) is 12.1. The molecule has 1 aromatic heterocycles. The second-order valence-electron chi connectivity index (χ2n) is 7.56. The number of piperazine rings is 1. The first-order chi connectivity index (χ1) is 12.4. The molecule has 1 saturated heterocycles. The molecule has 3 rings (SSSR count). The molecule has 1 fully saturated rings. The van der Waals surface area contributed by atoms with E-state index in [1.807, 2.05) is 44.2 Å². The number of hydrogen-bond acceptors (Lipinski definition) is 6. The lowest BCUT2D eigenvalue weighted by atomic mass is 10.1. The molecule has 0 bridgehead atoms. The molecule has 1 aliphatic rings. The zero-order valence-electron chi connectivity index (χ0n) is 15.8. The maximum Gasteiger partial charge on any atom is 0.228 e. The van der Waals surface area contributed by atoms with Crippen LogP contribution < -0.4 is 9.64 Å². The summed E-state index contributed by atoms with van der Waals surface area (Å²) in [5, 5.41) is 10.0. The number of ether oxygens (including phenoxy) is 1. The highest BCUT2D eigenvalue weighted by atomic mass is 16.5. The van der Waals surface area contributed by atoms with Gasteiger partial charge in [-0.3, -0.25) is 4.90 Å². The highest BCUT2D eigenvalue weighted by Crippen LogP contribution is 2.20. The van der Waals surface area contributed by atoms with Gasteiger partial charge >= 0.3 is 0 Å². The Morgan fingerprint density at radius 1 is 1.19 bits per heavy atom. The lowest BCUT2D eigenvalue weighted by Gasteiger charge is -2.41. The highest BCUT2D eigenvalue weighted by molar-refractivity contribution is 5.34. The summed E-state index contributed by atoms with van der Waals surface area (Å²) >= 11 is 0. The van der Waals surface area contributed by atoms with Crippen molar-refractivity contribution in [2.75, 3.05) is 31.1 Å². The lowest BCUT2D eigenvalue weighted by molar-refractivity contribution is 0.0307. The Bertz CT molecular complexity index is 702. The standard InChI is InChI=1S/C20H28N4O2/c1-16-13-23(15-20(2,3)25)11-12-24(16)19-21-10-9-18(22-19)26-14-17-7-5-4-6-8-17/h4-10,16,25H,11-15H2,1-3H3. The van der Waals surface area contributed by atoms with Crippen LogP contribution in [0.15, 0.2) is 42.6 Å². The summed E-state index contributed by atoms with van der Waals surface area (Å²) in [7, 11) is 0. The van der Waals surface area contributed by atoms with Gasteiger partial charge in [-0.2, -0.15) is 4.98 Å². The summed E-state index contributed by atoms with van der Waals surface area (Å²) in [6.45, 7) is 9.62. The monoisotopic (exact) mass is 356 g/mol. The number of aliphatic hydroxyl groups is 1. The molecule has 1 N–H and O–H groups in total. The van der Waals surface area contributed by atoms with Gasteiger partial charge in [0.25, 0.3) is 0 Å². The van der Waals surface area contributed by atoms with E-state index >= 15 is 0 Å². The average Bonchev–Trinajstić information content (AvgIpc) is 2.60. The van der Waals surface area contributed by atoms with E-state index in [9.17, 15) is 5.11 Å². The van der Waals surface area contributed by atoms with Gasteiger partial charge in [0.1, 0.15) is 6.61 Å². The minimum Gasteiger partial charge on any atom is -0.473 e. The van der Waals surface area contributed by atoms with Crippen LogP contribution in [0, 0.1) is 0 Å². The van der Waals surface area contributed by atoms with Crippen molar-refractivity contribution in [1.82, 2.24) is 14.9 Å². The van der Waals surface area contributed by atoms with Gasteiger partial charge in [0.15, 0.2) is 0 Å². The molecule has 1 atom stereocenters. The lowest BCUT2D eigenvalue weighted by Crippen LogP contribution is -2.55. The Balaban J connectivity index is 1.61. The molecule has 1 aliphatic heterocycles. The predicted molar refractivity (Wildman–Crippen MR) is 102 cm³/mol. The summed E-state index contributed by atoms with van der Waals surface area (Å²) in [5.41, 5.74) is 0.435. The van der Waals surface area contributed by atoms with Crippen molar-refractivity contribution >= 4 is 5.95 Å². The normalized spacial score (nSPS) is 18.8. The first kappa shape index (κ1) is 18.6. The van der Waals surface area contributed by atoms with Gasteiger partial charge in [-0.15, -0.1) is 0 Å². The van der Waals surface area contributed by atoms with E-state index in [4.69, 9.17) is 4.74 Å². The number of hydrogen-bond donors (Lipinski definition) is 1. The zero-order valence-corrected chi connectivity index (χ0v) is 15.8. The quantitative estimate of drug-likeness (QED) is 0.857. The van der Waals surface area contributed by atoms with Gasteiger partial charge in [-0.05, 0) is 26.3 Å². The SMILES string of the molecule is CC1CN(CC(C)(C)O)CCN1c1nccc(OCc2ccccc2)n1. The van der Waals surface area contributed by atoms with Crippen LogP contribution in [0.3, 0.4) is 0 Å². The van der Waals surface area contributed by atoms with Crippen LogP contribution in [-0.2, 0) is 6.61 Å². The van der Waals surface area contributed by atoms with Gasteiger partial charge in [0, 0.05) is 44.5 Å². The van der Waals surface area contributed by atoms with Crippen LogP contribution in [0.5, 0.6) is 5.88 Å². The molecular formula is C20H28N4O2. The molecular weight excluding hydrogens is 328 g/mol. The van der Waals surface area contributed by atoms with Crippen molar-refractivity contribution in [3.63, 3.8) is 0 Å². The van der Waals surface area contributed by atoms with Gasteiger partial charge < -0.3 is 14.7 Å². The third-order valence-electron chi connectivity index (χ3n) is 4.43. The molecule has 140 valence electrons. The topological polar surface area (TPSA) is 61.7 Å². The summed E-state index contributed by atoms with van der Waals surface area (Å²) in [4.78, 5) is 13.5. The Labute approximate surface area is 155 Å². The van der Waals surface area contributed by atoms with Crippen LogP contribution in [0.25, 0.3) is 0 Å². The van der Waals surface area contributed by atoms with Crippen molar-refractivity contribution in [3.05, 3.63) is 48.2 Å². The molecule has 1 aromatic carbocycles. The molecule has 1 unspecified atom stereocenters. The van der Waals surface area contributed by atoms with Gasteiger partial charge in [-0.1, -0.05) is 30.3 Å². The second kappa shape index (κ2) is 8.01. The molecule has 0 spiro atoms. The number of aromatic nitrogens is 2. The van der Waals surface area contributed by atoms with Gasteiger partial charge in [0.05, 0.1) is 5.60 Å². The van der Waals surface area contributed by atoms with Gasteiger partial charge in [0.2, 0.25) is 11.8 Å². The van der Waals surface area contributed by atoms with Crippen LogP contribution in [0.1, 0.15) is 26.3 Å². The van der Waals surface area contributed by atoms with Crippen LogP contribution in [0.4, 0.5) is 5.95 Å². The summed E-state index contributed by atoms with van der Waals surface area (Å²) < 4.78 is 5.82. The van der Waals surface area contributed by atoms with Crippen LogP contribution in [0.2, 0.25) is 0 Å². The molecule has 2 aromatic rings. The summed E-state index contributed by atoms with van der Waals surface area (Å²) in [5.74, 6) is 1.29. The second-order valence-corrected chi connectivity index (χ2v) is 7.56. The maximum atomic E-state index is 10.0.